The van der Waals surface area contributed by atoms with Gasteiger partial charge in [0.15, 0.2) is 0 Å². The number of aliphatic imine (C=N–C) groups is 1. The molecule has 2 aromatic rings. The van der Waals surface area contributed by atoms with E-state index >= 15 is 0 Å². The Labute approximate surface area is 166 Å². The molecule has 0 aliphatic rings. The van der Waals surface area contributed by atoms with Gasteiger partial charge in [0, 0.05) is 13.3 Å². The lowest BCUT2D eigenvalue weighted by Crippen LogP contribution is -2.26. The number of nitrogens with zero attached hydrogens (tertiary/aromatic N) is 4. The molecule has 1 aromatic carbocycles. The van der Waals surface area contributed by atoms with Gasteiger partial charge in [0.1, 0.15) is 23.1 Å². The van der Waals surface area contributed by atoms with Crippen molar-refractivity contribution in [3.8, 4) is 17.7 Å². The van der Waals surface area contributed by atoms with Crippen molar-refractivity contribution < 1.29 is 19.5 Å². The van der Waals surface area contributed by atoms with Gasteiger partial charge in [0.05, 0.1) is 36.3 Å². The van der Waals surface area contributed by atoms with Crippen LogP contribution in [0.1, 0.15) is 23.6 Å². The van der Waals surface area contributed by atoms with E-state index in [1.165, 1.54) is 38.4 Å². The first-order valence-electron chi connectivity index (χ1n) is 8.66. The Morgan fingerprint density at radius 2 is 2.17 bits per heavy atom. The molecule has 1 heterocycles. The van der Waals surface area contributed by atoms with Crippen molar-refractivity contribution in [3.05, 3.63) is 55.4 Å². The molecule has 2 rings (SSSR count). The highest BCUT2D eigenvalue weighted by Crippen LogP contribution is 2.32. The predicted molar refractivity (Wildman–Crippen MR) is 105 cm³/mol. The SMILES string of the molecule is CCOc1ccc(N=Cc2c(C)c(C#N)c(=O)n(CCOC)c2O)c([N+](=O)[O-])c1. The molecule has 0 atom stereocenters. The summed E-state index contributed by atoms with van der Waals surface area (Å²) < 4.78 is 11.2. The average Bonchev–Trinajstić information content (AvgIpc) is 2.69. The van der Waals surface area contributed by atoms with E-state index in [0.717, 1.165) is 4.57 Å². The van der Waals surface area contributed by atoms with Crippen molar-refractivity contribution in [2.45, 2.75) is 20.4 Å². The lowest BCUT2D eigenvalue weighted by molar-refractivity contribution is -0.384. The fraction of sp³-hybridized carbons (Fsp3) is 0.316. The first-order chi connectivity index (χ1) is 13.8. The van der Waals surface area contributed by atoms with Crippen LogP contribution >= 0.6 is 0 Å². The minimum atomic E-state index is -0.649. The smallest absolute Gasteiger partial charge is 0.298 e. The molecule has 0 amide bonds. The van der Waals surface area contributed by atoms with Gasteiger partial charge in [-0.15, -0.1) is 0 Å². The molecule has 0 unspecified atom stereocenters. The third-order valence-electron chi connectivity index (χ3n) is 4.15. The van der Waals surface area contributed by atoms with E-state index in [9.17, 15) is 25.3 Å². The molecule has 0 aliphatic carbocycles. The monoisotopic (exact) mass is 400 g/mol. The van der Waals surface area contributed by atoms with Gasteiger partial charge in [0.2, 0.25) is 5.88 Å². The third-order valence-corrected chi connectivity index (χ3v) is 4.15. The van der Waals surface area contributed by atoms with Gasteiger partial charge >= 0.3 is 0 Å². The molecule has 0 spiro atoms. The van der Waals surface area contributed by atoms with Gasteiger partial charge in [-0.1, -0.05) is 0 Å². The maximum Gasteiger partial charge on any atom is 0.298 e. The maximum atomic E-state index is 12.4. The summed E-state index contributed by atoms with van der Waals surface area (Å²) in [5.74, 6) is -0.0713. The van der Waals surface area contributed by atoms with E-state index in [0.29, 0.717) is 12.4 Å². The van der Waals surface area contributed by atoms with Gasteiger partial charge in [-0.25, -0.2) is 4.99 Å². The number of nitro groups is 1. The molecule has 0 saturated carbocycles. The number of hydrogen-bond donors (Lipinski definition) is 1. The minimum Gasteiger partial charge on any atom is -0.494 e. The van der Waals surface area contributed by atoms with Crippen LogP contribution in [-0.2, 0) is 11.3 Å². The van der Waals surface area contributed by atoms with Gasteiger partial charge < -0.3 is 14.6 Å². The van der Waals surface area contributed by atoms with Crippen molar-refractivity contribution in [1.29, 1.82) is 5.26 Å². The van der Waals surface area contributed by atoms with Crippen molar-refractivity contribution in [1.82, 2.24) is 4.57 Å². The maximum absolute atomic E-state index is 12.4. The number of ether oxygens (including phenoxy) is 2. The summed E-state index contributed by atoms with van der Waals surface area (Å²) in [6, 6.07) is 6.03. The van der Waals surface area contributed by atoms with E-state index in [-0.39, 0.29) is 41.2 Å². The molecule has 29 heavy (non-hydrogen) atoms. The summed E-state index contributed by atoms with van der Waals surface area (Å²) >= 11 is 0. The molecular formula is C19H20N4O6. The standard InChI is InChI=1S/C19H20N4O6/c1-4-29-13-5-6-16(17(9-13)23(26)27)21-11-15-12(2)14(10-20)18(24)22(19(15)25)7-8-28-3/h5-6,9,11,25H,4,7-8H2,1-3H3. The number of aromatic hydroxyl groups is 1. The Kier molecular flexibility index (Phi) is 7.05. The zero-order valence-corrected chi connectivity index (χ0v) is 16.2. The number of aromatic nitrogens is 1. The second-order valence-electron chi connectivity index (χ2n) is 5.90. The van der Waals surface area contributed by atoms with Crippen molar-refractivity contribution in [2.24, 2.45) is 4.99 Å². The van der Waals surface area contributed by atoms with Crippen LogP contribution in [0.3, 0.4) is 0 Å². The van der Waals surface area contributed by atoms with Gasteiger partial charge in [-0.05, 0) is 31.5 Å². The summed E-state index contributed by atoms with van der Waals surface area (Å²) in [6.45, 7) is 3.78. The lowest BCUT2D eigenvalue weighted by atomic mass is 10.1. The number of benzene rings is 1. The first kappa shape index (κ1) is 21.6. The molecule has 0 aliphatic heterocycles. The zero-order valence-electron chi connectivity index (χ0n) is 16.2. The summed E-state index contributed by atoms with van der Waals surface area (Å²) in [4.78, 5) is 27.3. The number of pyridine rings is 1. The third kappa shape index (κ3) is 4.59. The predicted octanol–water partition coefficient (Wildman–Crippen LogP) is 2.44. The fourth-order valence-corrected chi connectivity index (χ4v) is 2.66. The molecule has 1 aromatic heterocycles. The molecule has 10 nitrogen and oxygen atoms in total. The Morgan fingerprint density at radius 3 is 2.76 bits per heavy atom. The Balaban J connectivity index is 2.59. The van der Waals surface area contributed by atoms with E-state index in [1.807, 2.05) is 6.07 Å². The number of hydrogen-bond acceptors (Lipinski definition) is 8. The number of rotatable bonds is 8. The van der Waals surface area contributed by atoms with Gasteiger partial charge in [0.25, 0.3) is 11.2 Å². The van der Waals surface area contributed by atoms with E-state index < -0.39 is 16.4 Å². The lowest BCUT2D eigenvalue weighted by Gasteiger charge is -2.13. The van der Waals surface area contributed by atoms with Gasteiger partial charge in [-0.2, -0.15) is 5.26 Å². The highest BCUT2D eigenvalue weighted by Gasteiger charge is 2.19. The van der Waals surface area contributed by atoms with Crippen LogP contribution in [0.5, 0.6) is 11.6 Å². The highest BCUT2D eigenvalue weighted by molar-refractivity contribution is 5.88. The first-order valence-corrected chi connectivity index (χ1v) is 8.66. The molecule has 0 radical (unpaired) electrons. The second-order valence-corrected chi connectivity index (χ2v) is 5.90. The zero-order chi connectivity index (χ0) is 21.6. The average molecular weight is 400 g/mol. The van der Waals surface area contributed by atoms with E-state index in [2.05, 4.69) is 4.99 Å². The number of methoxy groups -OCH3 is 1. The van der Waals surface area contributed by atoms with Crippen LogP contribution in [0.25, 0.3) is 0 Å². The second kappa shape index (κ2) is 9.48. The number of nitriles is 1. The molecule has 0 bridgehead atoms. The molecule has 152 valence electrons. The highest BCUT2D eigenvalue weighted by atomic mass is 16.6. The van der Waals surface area contributed by atoms with Crippen molar-refractivity contribution >= 4 is 17.6 Å². The van der Waals surface area contributed by atoms with Crippen molar-refractivity contribution in [3.63, 3.8) is 0 Å². The van der Waals surface area contributed by atoms with Crippen LogP contribution in [-0.4, -0.2) is 41.1 Å². The minimum absolute atomic E-state index is 0.0279. The van der Waals surface area contributed by atoms with Crippen LogP contribution in [0.4, 0.5) is 11.4 Å². The summed E-state index contributed by atoms with van der Waals surface area (Å²) in [5.41, 5.74) is -0.713. The Hall–Kier alpha value is -3.71. The van der Waals surface area contributed by atoms with E-state index in [1.54, 1.807) is 6.92 Å². The van der Waals surface area contributed by atoms with Crippen LogP contribution in [0, 0.1) is 28.4 Å². The van der Waals surface area contributed by atoms with Crippen LogP contribution in [0.2, 0.25) is 0 Å². The largest absolute Gasteiger partial charge is 0.494 e. The number of nitro benzene ring substituents is 1. The molecule has 10 heteroatoms. The Bertz CT molecular complexity index is 1050. The normalized spacial score (nSPS) is 10.8. The molecular weight excluding hydrogens is 380 g/mol. The summed E-state index contributed by atoms with van der Waals surface area (Å²) in [5, 5.41) is 31.2. The molecule has 0 fully saturated rings. The van der Waals surface area contributed by atoms with Crippen LogP contribution in [0.15, 0.2) is 28.0 Å². The van der Waals surface area contributed by atoms with Crippen LogP contribution < -0.4 is 10.3 Å². The van der Waals surface area contributed by atoms with E-state index in [4.69, 9.17) is 9.47 Å². The summed E-state index contributed by atoms with van der Waals surface area (Å²) in [7, 11) is 1.44. The Morgan fingerprint density at radius 1 is 1.45 bits per heavy atom. The quantitative estimate of drug-likeness (QED) is 0.408. The topological polar surface area (TPSA) is 140 Å². The fourth-order valence-electron chi connectivity index (χ4n) is 2.66. The van der Waals surface area contributed by atoms with Gasteiger partial charge in [-0.3, -0.25) is 19.5 Å². The van der Waals surface area contributed by atoms with Crippen molar-refractivity contribution in [2.75, 3.05) is 20.3 Å². The summed E-state index contributed by atoms with van der Waals surface area (Å²) in [6.07, 6.45) is 1.19. The molecule has 1 N–H and O–H groups in total. The molecule has 0 saturated heterocycles.